The van der Waals surface area contributed by atoms with Gasteiger partial charge in [-0.05, 0) is 167 Å². The van der Waals surface area contributed by atoms with Crippen LogP contribution < -0.4 is 9.80 Å². The van der Waals surface area contributed by atoms with Crippen LogP contribution in [-0.2, 0) is 27.1 Å². The van der Waals surface area contributed by atoms with Crippen molar-refractivity contribution in [2.75, 3.05) is 9.80 Å². The smallest absolute Gasteiger partial charge is 0.0544 e. The number of para-hydroxylation sites is 1. The van der Waals surface area contributed by atoms with Crippen LogP contribution in [0.15, 0.2) is 182 Å². The maximum absolute atomic E-state index is 2.61. The van der Waals surface area contributed by atoms with Gasteiger partial charge < -0.3 is 9.80 Å². The predicted octanol–water partition coefficient (Wildman–Crippen LogP) is 18.5. The molecule has 0 saturated heterocycles. The molecule has 0 spiro atoms. The molecule has 9 aromatic carbocycles. The highest BCUT2D eigenvalue weighted by Gasteiger charge is 2.47. The van der Waals surface area contributed by atoms with Crippen LogP contribution in [-0.4, -0.2) is 0 Å². The Balaban J connectivity index is 0.983. The average molecular weight is 917 g/mol. The van der Waals surface area contributed by atoms with E-state index in [0.717, 1.165) is 11.4 Å². The summed E-state index contributed by atoms with van der Waals surface area (Å²) in [7, 11) is 0. The molecule has 0 N–H and O–H groups in total. The Morgan fingerprint density at radius 1 is 0.268 bits per heavy atom. The first-order valence-electron chi connectivity index (χ1n) is 25.8. The first-order valence-corrected chi connectivity index (χ1v) is 25.8. The summed E-state index contributed by atoms with van der Waals surface area (Å²) >= 11 is 0. The summed E-state index contributed by atoms with van der Waals surface area (Å²) in [6.45, 7) is 24.1. The Kier molecular flexibility index (Phi) is 8.32. The van der Waals surface area contributed by atoms with Crippen LogP contribution in [0.3, 0.4) is 0 Å². The summed E-state index contributed by atoms with van der Waals surface area (Å²) in [5.41, 5.74) is 30.7. The summed E-state index contributed by atoms with van der Waals surface area (Å²) in [5.74, 6) is 0. The molecule has 9 aromatic rings. The molecule has 0 amide bonds. The lowest BCUT2D eigenvalue weighted by Crippen LogP contribution is -2.38. The fourth-order valence-corrected chi connectivity index (χ4v) is 14.2. The maximum atomic E-state index is 2.61. The molecule has 2 heterocycles. The lowest BCUT2D eigenvalue weighted by atomic mass is 9.65. The number of fused-ring (bicyclic) bond motifs is 13. The second-order valence-corrected chi connectivity index (χ2v) is 23.8. The van der Waals surface area contributed by atoms with Crippen LogP contribution in [0.2, 0.25) is 0 Å². The quantitative estimate of drug-likeness (QED) is 0.174. The van der Waals surface area contributed by atoms with Gasteiger partial charge in [0.15, 0.2) is 0 Å². The molecular weight excluding hydrogens is 857 g/mol. The molecule has 3 aliphatic carbocycles. The predicted molar refractivity (Wildman–Crippen MR) is 298 cm³/mol. The second-order valence-electron chi connectivity index (χ2n) is 23.8. The van der Waals surface area contributed by atoms with Crippen molar-refractivity contribution in [3.63, 3.8) is 0 Å². The summed E-state index contributed by atoms with van der Waals surface area (Å²) in [6, 6.07) is 70.2. The van der Waals surface area contributed by atoms with E-state index in [0.29, 0.717) is 0 Å². The van der Waals surface area contributed by atoms with Crippen LogP contribution in [0.25, 0.3) is 44.5 Å². The van der Waals surface area contributed by atoms with Gasteiger partial charge in [0, 0.05) is 44.1 Å². The molecule has 71 heavy (non-hydrogen) atoms. The van der Waals surface area contributed by atoms with Crippen LogP contribution in [0.5, 0.6) is 0 Å². The largest absolute Gasteiger partial charge is 0.310 e. The first kappa shape index (κ1) is 42.5. The monoisotopic (exact) mass is 916 g/mol. The molecule has 2 aliphatic heterocycles. The maximum Gasteiger partial charge on any atom is 0.0544 e. The van der Waals surface area contributed by atoms with E-state index in [9.17, 15) is 0 Å². The third-order valence-corrected chi connectivity index (χ3v) is 18.2. The lowest BCUT2D eigenvalue weighted by molar-refractivity contribution is 0.598. The molecule has 346 valence electrons. The number of hydrogen-bond acceptors (Lipinski definition) is 2. The number of benzene rings is 9. The Hall–Kier alpha value is -7.42. The van der Waals surface area contributed by atoms with Crippen molar-refractivity contribution in [2.45, 2.75) is 96.3 Å². The zero-order valence-electron chi connectivity index (χ0n) is 42.7. The standard InChI is InChI=1S/C69H60N2/c1-65(2)54-24-16-13-21-48(54)51-38-43(29-33-55(51)65)70(44-28-32-50-47-20-12-15-23-53(47)67(5,6)58(50)39-44)45-30-34-63-59(40-45)69(9,10)61-37-42(36-60-64(61)71(63)62-26-18-17-25-56(62)68(60,7)8)41-27-31-49-46-19-11-14-22-52(46)66(3,4)57(49)35-41/h11-40H,1-10H3. The van der Waals surface area contributed by atoms with Gasteiger partial charge in [-0.2, -0.15) is 0 Å². The van der Waals surface area contributed by atoms with Gasteiger partial charge in [0.1, 0.15) is 0 Å². The van der Waals surface area contributed by atoms with Gasteiger partial charge in [-0.25, -0.2) is 0 Å². The minimum absolute atomic E-state index is 0.0834. The molecule has 0 atom stereocenters. The summed E-state index contributed by atoms with van der Waals surface area (Å²) in [5, 5.41) is 0. The fourth-order valence-electron chi connectivity index (χ4n) is 14.2. The highest BCUT2D eigenvalue weighted by atomic mass is 15.2. The van der Waals surface area contributed by atoms with Crippen LogP contribution >= 0.6 is 0 Å². The number of rotatable bonds is 4. The van der Waals surface area contributed by atoms with Gasteiger partial charge >= 0.3 is 0 Å². The van der Waals surface area contributed by atoms with E-state index in [1.165, 1.54) is 123 Å². The van der Waals surface area contributed by atoms with E-state index in [1.807, 2.05) is 0 Å². The van der Waals surface area contributed by atoms with E-state index >= 15 is 0 Å². The van der Waals surface area contributed by atoms with E-state index in [1.54, 1.807) is 0 Å². The highest BCUT2D eigenvalue weighted by molar-refractivity contribution is 5.97. The van der Waals surface area contributed by atoms with Gasteiger partial charge in [-0.3, -0.25) is 0 Å². The summed E-state index contributed by atoms with van der Waals surface area (Å²) in [4.78, 5) is 5.15. The number of anilines is 6. The molecule has 0 unspecified atom stereocenters. The lowest BCUT2D eigenvalue weighted by Gasteiger charge is -2.50. The zero-order valence-corrected chi connectivity index (χ0v) is 42.7. The van der Waals surface area contributed by atoms with Gasteiger partial charge in [-0.1, -0.05) is 184 Å². The highest BCUT2D eigenvalue weighted by Crippen LogP contribution is 2.62. The van der Waals surface area contributed by atoms with E-state index in [4.69, 9.17) is 0 Å². The molecule has 0 radical (unpaired) electrons. The molecule has 0 saturated carbocycles. The van der Waals surface area contributed by atoms with Crippen molar-refractivity contribution in [1.29, 1.82) is 0 Å². The molecule has 2 heteroatoms. The van der Waals surface area contributed by atoms with E-state index < -0.39 is 0 Å². The topological polar surface area (TPSA) is 6.48 Å². The summed E-state index contributed by atoms with van der Waals surface area (Å²) < 4.78 is 0. The van der Waals surface area contributed by atoms with Crippen molar-refractivity contribution in [3.05, 3.63) is 238 Å². The van der Waals surface area contributed by atoms with Crippen LogP contribution in [0.1, 0.15) is 125 Å². The van der Waals surface area contributed by atoms with E-state index in [-0.39, 0.29) is 27.1 Å². The third-order valence-electron chi connectivity index (χ3n) is 18.2. The van der Waals surface area contributed by atoms with Crippen molar-refractivity contribution in [2.24, 2.45) is 0 Å². The van der Waals surface area contributed by atoms with Crippen molar-refractivity contribution < 1.29 is 0 Å². The molecule has 14 rings (SSSR count). The molecule has 0 aromatic heterocycles. The minimum Gasteiger partial charge on any atom is -0.310 e. The molecule has 5 aliphatic rings. The van der Waals surface area contributed by atoms with Gasteiger partial charge in [0.05, 0.1) is 17.1 Å². The Morgan fingerprint density at radius 2 is 0.648 bits per heavy atom. The molecule has 0 fully saturated rings. The van der Waals surface area contributed by atoms with Crippen molar-refractivity contribution in [3.8, 4) is 44.5 Å². The average Bonchev–Trinajstić information content (AvgIpc) is 3.85. The van der Waals surface area contributed by atoms with E-state index in [2.05, 4.69) is 261 Å². The van der Waals surface area contributed by atoms with Crippen LogP contribution in [0, 0.1) is 0 Å². The SMILES string of the molecule is CC1(C)c2ccccc2-c2cc(N(c3ccc4c(c3)C(C)(C)c3ccccc3-4)c3ccc4c(c3)C(C)(C)c3cc(-c5ccc6c(c5)C(C)(C)c5ccccc5-6)cc5c3N4c3ccccc3C5(C)C)ccc21. The van der Waals surface area contributed by atoms with Crippen molar-refractivity contribution >= 4 is 34.1 Å². The minimum atomic E-state index is -0.356. The third kappa shape index (κ3) is 5.49. The van der Waals surface area contributed by atoms with Gasteiger partial charge in [-0.15, -0.1) is 0 Å². The molecule has 0 bridgehead atoms. The Bertz CT molecular complexity index is 3820. The van der Waals surface area contributed by atoms with Crippen molar-refractivity contribution in [1.82, 2.24) is 0 Å². The Morgan fingerprint density at radius 3 is 1.27 bits per heavy atom. The second kappa shape index (κ2) is 13.9. The van der Waals surface area contributed by atoms with Gasteiger partial charge in [0.25, 0.3) is 0 Å². The zero-order chi connectivity index (χ0) is 48.7. The van der Waals surface area contributed by atoms with Crippen LogP contribution in [0.4, 0.5) is 34.1 Å². The molecular formula is C69H60N2. The Labute approximate surface area is 420 Å². The normalized spacial score (nSPS) is 17.4. The number of nitrogens with zero attached hydrogens (tertiary/aromatic N) is 2. The fraction of sp³-hybridized carbons (Fsp3) is 0.217. The molecule has 2 nitrogen and oxygen atoms in total. The van der Waals surface area contributed by atoms with Gasteiger partial charge in [0.2, 0.25) is 0 Å². The first-order chi connectivity index (χ1) is 34.0. The number of hydrogen-bond donors (Lipinski definition) is 0. The summed E-state index contributed by atoms with van der Waals surface area (Å²) in [6.07, 6.45) is 0.